The zero-order chi connectivity index (χ0) is 12.1. The van der Waals surface area contributed by atoms with Crippen molar-refractivity contribution in [1.82, 2.24) is 9.78 Å². The molecule has 0 spiro atoms. The van der Waals surface area contributed by atoms with Crippen molar-refractivity contribution < 1.29 is 0 Å². The Kier molecular flexibility index (Phi) is 5.76. The van der Waals surface area contributed by atoms with E-state index in [-0.39, 0.29) is 0 Å². The maximum atomic E-state index is 4.50. The highest BCUT2D eigenvalue weighted by Crippen LogP contribution is 2.23. The Hall–Kier alpha value is -0.0900. The summed E-state index contributed by atoms with van der Waals surface area (Å²) >= 11 is 7.08. The van der Waals surface area contributed by atoms with Crippen LogP contribution in [0.1, 0.15) is 31.7 Å². The molecule has 0 aliphatic carbocycles. The lowest BCUT2D eigenvalue weighted by Crippen LogP contribution is -1.99. The van der Waals surface area contributed by atoms with Gasteiger partial charge in [0.15, 0.2) is 0 Å². The molecule has 0 unspecified atom stereocenters. The number of hydrogen-bond acceptors (Lipinski definition) is 1. The molecule has 0 aliphatic rings. The first-order valence-electron chi connectivity index (χ1n) is 5.52. The van der Waals surface area contributed by atoms with Crippen molar-refractivity contribution in [2.45, 2.75) is 33.1 Å². The van der Waals surface area contributed by atoms with Gasteiger partial charge in [0.05, 0.1) is 15.9 Å². The maximum absolute atomic E-state index is 4.50. The van der Waals surface area contributed by atoms with Crippen LogP contribution in [0.3, 0.4) is 0 Å². The summed E-state index contributed by atoms with van der Waals surface area (Å²) in [6.45, 7) is 4.30. The quantitative estimate of drug-likeness (QED) is 0.580. The molecule has 0 N–H and O–H groups in total. The van der Waals surface area contributed by atoms with Crippen molar-refractivity contribution in [2.24, 2.45) is 7.05 Å². The molecule has 1 aromatic rings. The van der Waals surface area contributed by atoms with E-state index in [4.69, 9.17) is 0 Å². The lowest BCUT2D eigenvalue weighted by molar-refractivity contribution is 0.707. The summed E-state index contributed by atoms with van der Waals surface area (Å²) in [4.78, 5) is 0. The minimum atomic E-state index is 0.969. The zero-order valence-electron chi connectivity index (χ0n) is 10.1. The number of allylic oxidation sites excluding steroid dienone is 2. The number of aromatic nitrogens is 2. The topological polar surface area (TPSA) is 17.8 Å². The average molecular weight is 350 g/mol. The minimum Gasteiger partial charge on any atom is -0.271 e. The summed E-state index contributed by atoms with van der Waals surface area (Å²) in [6.07, 6.45) is 5.30. The molecule has 1 aromatic heterocycles. The largest absolute Gasteiger partial charge is 0.271 e. The van der Waals surface area contributed by atoms with Crippen LogP contribution in [0.15, 0.2) is 16.1 Å². The van der Waals surface area contributed by atoms with E-state index in [1.165, 1.54) is 15.7 Å². The fourth-order valence-electron chi connectivity index (χ4n) is 1.65. The highest BCUT2D eigenvalue weighted by molar-refractivity contribution is 9.10. The molecule has 0 radical (unpaired) electrons. The third kappa shape index (κ3) is 3.45. The van der Waals surface area contributed by atoms with Gasteiger partial charge in [-0.05, 0) is 35.7 Å². The van der Waals surface area contributed by atoms with Gasteiger partial charge < -0.3 is 0 Å². The zero-order valence-corrected chi connectivity index (χ0v) is 13.2. The molecule has 90 valence electrons. The van der Waals surface area contributed by atoms with Crippen LogP contribution >= 0.6 is 31.9 Å². The number of halogens is 2. The van der Waals surface area contributed by atoms with Crippen LogP contribution < -0.4 is 0 Å². The third-order valence-corrected chi connectivity index (χ3v) is 3.92. The second-order valence-corrected chi connectivity index (χ2v) is 5.48. The van der Waals surface area contributed by atoms with Crippen LogP contribution in [0.25, 0.3) is 0 Å². The second kappa shape index (κ2) is 6.60. The van der Waals surface area contributed by atoms with E-state index >= 15 is 0 Å². The van der Waals surface area contributed by atoms with Crippen LogP contribution in [0, 0.1) is 0 Å². The molecule has 0 bridgehead atoms. The summed E-state index contributed by atoms with van der Waals surface area (Å²) in [5.41, 5.74) is 3.80. The van der Waals surface area contributed by atoms with Gasteiger partial charge in [0.2, 0.25) is 0 Å². The van der Waals surface area contributed by atoms with E-state index in [1.54, 1.807) is 0 Å². The number of aryl methyl sites for hydroxylation is 2. The number of nitrogens with zero attached hydrogens (tertiary/aromatic N) is 2. The first-order valence-corrected chi connectivity index (χ1v) is 7.43. The fraction of sp³-hybridized carbons (Fsp3) is 0.583. The Morgan fingerprint density at radius 1 is 1.50 bits per heavy atom. The molecular weight excluding hydrogens is 332 g/mol. The van der Waals surface area contributed by atoms with Crippen LogP contribution in [-0.4, -0.2) is 15.1 Å². The van der Waals surface area contributed by atoms with Crippen LogP contribution in [-0.2, 0) is 19.9 Å². The highest BCUT2D eigenvalue weighted by atomic mass is 79.9. The van der Waals surface area contributed by atoms with Gasteiger partial charge in [0.25, 0.3) is 0 Å². The summed E-state index contributed by atoms with van der Waals surface area (Å²) < 4.78 is 3.15. The van der Waals surface area contributed by atoms with Crippen molar-refractivity contribution in [3.05, 3.63) is 27.5 Å². The fourth-order valence-corrected chi connectivity index (χ4v) is 2.63. The van der Waals surface area contributed by atoms with Crippen molar-refractivity contribution in [2.75, 3.05) is 5.33 Å². The standard InChI is InChI=1S/C12H18Br2N2/c1-4-10-12(14)11(16(3)15-10)8-9(2)6-5-7-13/h6H,4-5,7-8H2,1-3H3. The smallest absolute Gasteiger partial charge is 0.0766 e. The lowest BCUT2D eigenvalue weighted by Gasteiger charge is -2.03. The van der Waals surface area contributed by atoms with E-state index in [0.29, 0.717) is 0 Å². The first kappa shape index (κ1) is 14.0. The average Bonchev–Trinajstić information content (AvgIpc) is 2.53. The Bertz CT molecular complexity index is 381. The van der Waals surface area contributed by atoms with Gasteiger partial charge >= 0.3 is 0 Å². The SMILES string of the molecule is CCc1nn(C)c(CC(C)=CCCBr)c1Br. The van der Waals surface area contributed by atoms with Gasteiger partial charge in [-0.2, -0.15) is 5.10 Å². The number of rotatable bonds is 5. The monoisotopic (exact) mass is 348 g/mol. The lowest BCUT2D eigenvalue weighted by atomic mass is 10.1. The van der Waals surface area contributed by atoms with Crippen LogP contribution in [0.4, 0.5) is 0 Å². The number of alkyl halides is 1. The van der Waals surface area contributed by atoms with Gasteiger partial charge in [-0.3, -0.25) is 4.68 Å². The van der Waals surface area contributed by atoms with Crippen molar-refractivity contribution >= 4 is 31.9 Å². The Labute approximate surface area is 114 Å². The Morgan fingerprint density at radius 2 is 2.19 bits per heavy atom. The van der Waals surface area contributed by atoms with Crippen LogP contribution in [0.5, 0.6) is 0 Å². The van der Waals surface area contributed by atoms with E-state index in [2.05, 4.69) is 56.9 Å². The van der Waals surface area contributed by atoms with E-state index in [0.717, 1.165) is 30.3 Å². The molecule has 2 nitrogen and oxygen atoms in total. The second-order valence-electron chi connectivity index (χ2n) is 3.89. The molecule has 4 heteroatoms. The summed E-state index contributed by atoms with van der Waals surface area (Å²) in [5, 5.41) is 5.52. The molecule has 16 heavy (non-hydrogen) atoms. The van der Waals surface area contributed by atoms with Gasteiger partial charge in [-0.15, -0.1) is 0 Å². The molecule has 0 saturated heterocycles. The molecule has 0 aliphatic heterocycles. The molecule has 1 heterocycles. The normalized spacial score (nSPS) is 12.2. The Balaban J connectivity index is 2.84. The van der Waals surface area contributed by atoms with Gasteiger partial charge in [0.1, 0.15) is 0 Å². The third-order valence-electron chi connectivity index (χ3n) is 2.55. The predicted octanol–water partition coefficient (Wildman–Crippen LogP) is 4.02. The predicted molar refractivity (Wildman–Crippen MR) is 76.2 cm³/mol. The summed E-state index contributed by atoms with van der Waals surface area (Å²) in [5.74, 6) is 0. The van der Waals surface area contributed by atoms with Crippen molar-refractivity contribution in [3.8, 4) is 0 Å². The van der Waals surface area contributed by atoms with Crippen LogP contribution in [0.2, 0.25) is 0 Å². The molecule has 0 atom stereocenters. The molecule has 1 rings (SSSR count). The van der Waals surface area contributed by atoms with E-state index in [9.17, 15) is 0 Å². The molecular formula is C12H18Br2N2. The van der Waals surface area contributed by atoms with Gasteiger partial charge in [-0.25, -0.2) is 0 Å². The summed E-state index contributed by atoms with van der Waals surface area (Å²) in [7, 11) is 2.01. The molecule has 0 saturated carbocycles. The minimum absolute atomic E-state index is 0.969. The van der Waals surface area contributed by atoms with Gasteiger partial charge in [0, 0.05) is 18.8 Å². The van der Waals surface area contributed by atoms with E-state index < -0.39 is 0 Å². The van der Waals surface area contributed by atoms with Crippen molar-refractivity contribution in [1.29, 1.82) is 0 Å². The van der Waals surface area contributed by atoms with E-state index in [1.807, 2.05) is 11.7 Å². The molecule has 0 amide bonds. The highest BCUT2D eigenvalue weighted by Gasteiger charge is 2.12. The molecule has 0 aromatic carbocycles. The Morgan fingerprint density at radius 3 is 2.69 bits per heavy atom. The van der Waals surface area contributed by atoms with Crippen molar-refractivity contribution in [3.63, 3.8) is 0 Å². The molecule has 0 fully saturated rings. The summed E-state index contributed by atoms with van der Waals surface area (Å²) in [6, 6.07) is 0. The van der Waals surface area contributed by atoms with Gasteiger partial charge in [-0.1, -0.05) is 34.5 Å². The first-order chi connectivity index (χ1) is 7.60. The number of hydrogen-bond donors (Lipinski definition) is 0. The maximum Gasteiger partial charge on any atom is 0.0766 e.